The second kappa shape index (κ2) is 6.65. The quantitative estimate of drug-likeness (QED) is 0.342. The lowest BCUT2D eigenvalue weighted by Crippen LogP contribution is -1.99. The van der Waals surface area contributed by atoms with Crippen molar-refractivity contribution in [2.24, 2.45) is 0 Å². The van der Waals surface area contributed by atoms with E-state index in [0.29, 0.717) is 5.02 Å². The van der Waals surface area contributed by atoms with Gasteiger partial charge in [0, 0.05) is 10.7 Å². The maximum atomic E-state index is 6.14. The fourth-order valence-corrected chi connectivity index (χ4v) is 4.02. The monoisotopic (exact) mass is 387 g/mol. The molecule has 27 heavy (non-hydrogen) atoms. The fourth-order valence-electron chi connectivity index (χ4n) is 3.12. The first-order chi connectivity index (χ1) is 13.3. The second-order valence-corrected chi connectivity index (χ2v) is 7.61. The van der Waals surface area contributed by atoms with Crippen LogP contribution in [-0.2, 0) is 0 Å². The molecule has 0 spiro atoms. The van der Waals surface area contributed by atoms with Gasteiger partial charge in [-0.3, -0.25) is 0 Å². The number of benzene rings is 3. The Labute approximate surface area is 165 Å². The van der Waals surface area contributed by atoms with Crippen LogP contribution < -0.4 is 5.32 Å². The van der Waals surface area contributed by atoms with Gasteiger partial charge in [0.15, 0.2) is 5.82 Å². The molecule has 0 saturated heterocycles. The highest BCUT2D eigenvalue weighted by molar-refractivity contribution is 7.13. The zero-order valence-corrected chi connectivity index (χ0v) is 15.8. The van der Waals surface area contributed by atoms with E-state index in [1.54, 1.807) is 11.3 Å². The largest absolute Gasteiger partial charge is 0.338 e. The minimum atomic E-state index is 0.678. The van der Waals surface area contributed by atoms with Crippen LogP contribution in [0.1, 0.15) is 0 Å². The van der Waals surface area contributed by atoms with E-state index in [1.165, 1.54) is 0 Å². The normalized spacial score (nSPS) is 11.1. The standard InChI is InChI=1S/C22H14ClN3S/c23-16-7-3-8-17(13-16)24-22-21(20-9-4-10-27-20)25-18-11-14-5-1-2-6-15(14)12-19(18)26-22/h1-13H,(H,24,26). The lowest BCUT2D eigenvalue weighted by molar-refractivity contribution is 1.29. The van der Waals surface area contributed by atoms with Crippen LogP contribution in [0.2, 0.25) is 5.02 Å². The van der Waals surface area contributed by atoms with Gasteiger partial charge in [-0.15, -0.1) is 11.3 Å². The number of rotatable bonds is 3. The van der Waals surface area contributed by atoms with Crippen LogP contribution in [0.15, 0.2) is 78.2 Å². The van der Waals surface area contributed by atoms with E-state index in [0.717, 1.165) is 43.9 Å². The van der Waals surface area contributed by atoms with Gasteiger partial charge in [-0.25, -0.2) is 9.97 Å². The highest BCUT2D eigenvalue weighted by atomic mass is 35.5. The van der Waals surface area contributed by atoms with Crippen molar-refractivity contribution in [1.29, 1.82) is 0 Å². The predicted octanol–water partition coefficient (Wildman–Crippen LogP) is 6.91. The Morgan fingerprint density at radius 2 is 1.56 bits per heavy atom. The Bertz CT molecular complexity index is 1270. The third kappa shape index (κ3) is 3.14. The molecule has 5 aromatic rings. The van der Waals surface area contributed by atoms with Crippen LogP contribution in [-0.4, -0.2) is 9.97 Å². The predicted molar refractivity (Wildman–Crippen MR) is 115 cm³/mol. The zero-order chi connectivity index (χ0) is 18.2. The summed E-state index contributed by atoms with van der Waals surface area (Å²) < 4.78 is 0. The van der Waals surface area contributed by atoms with Gasteiger partial charge in [-0.1, -0.05) is 48.0 Å². The Morgan fingerprint density at radius 3 is 2.26 bits per heavy atom. The van der Waals surface area contributed by atoms with Crippen molar-refractivity contribution >= 4 is 56.2 Å². The first-order valence-corrected chi connectivity index (χ1v) is 9.79. The Morgan fingerprint density at radius 1 is 0.778 bits per heavy atom. The molecule has 0 unspecified atom stereocenters. The Balaban J connectivity index is 1.73. The molecular weight excluding hydrogens is 374 g/mol. The molecule has 0 aliphatic carbocycles. The summed E-state index contributed by atoms with van der Waals surface area (Å²) >= 11 is 7.78. The smallest absolute Gasteiger partial charge is 0.158 e. The van der Waals surface area contributed by atoms with Crippen LogP contribution in [0.4, 0.5) is 11.5 Å². The van der Waals surface area contributed by atoms with E-state index in [4.69, 9.17) is 21.6 Å². The summed E-state index contributed by atoms with van der Waals surface area (Å²) in [5.74, 6) is 0.725. The molecule has 2 aromatic heterocycles. The van der Waals surface area contributed by atoms with Crippen molar-refractivity contribution in [2.75, 3.05) is 5.32 Å². The molecule has 3 nitrogen and oxygen atoms in total. The number of aromatic nitrogens is 2. The van der Waals surface area contributed by atoms with Crippen molar-refractivity contribution < 1.29 is 0 Å². The van der Waals surface area contributed by atoms with Crippen molar-refractivity contribution in [1.82, 2.24) is 9.97 Å². The van der Waals surface area contributed by atoms with Crippen molar-refractivity contribution in [3.05, 3.63) is 83.2 Å². The maximum Gasteiger partial charge on any atom is 0.158 e. The van der Waals surface area contributed by atoms with Gasteiger partial charge < -0.3 is 5.32 Å². The number of halogens is 1. The lowest BCUT2D eigenvalue weighted by atomic mass is 10.1. The van der Waals surface area contributed by atoms with E-state index in [2.05, 4.69) is 35.6 Å². The van der Waals surface area contributed by atoms with E-state index in [-0.39, 0.29) is 0 Å². The number of hydrogen-bond donors (Lipinski definition) is 1. The van der Waals surface area contributed by atoms with Crippen molar-refractivity contribution in [2.45, 2.75) is 0 Å². The summed E-state index contributed by atoms with van der Waals surface area (Å²) in [6, 6.07) is 24.1. The van der Waals surface area contributed by atoms with Crippen molar-refractivity contribution in [3.8, 4) is 10.6 Å². The molecular formula is C22H14ClN3S. The molecule has 5 rings (SSSR count). The van der Waals surface area contributed by atoms with Gasteiger partial charge >= 0.3 is 0 Å². The highest BCUT2D eigenvalue weighted by Gasteiger charge is 2.13. The van der Waals surface area contributed by atoms with Gasteiger partial charge in [0.05, 0.1) is 15.9 Å². The van der Waals surface area contributed by atoms with Crippen LogP contribution in [0.3, 0.4) is 0 Å². The molecule has 0 aliphatic rings. The molecule has 0 fully saturated rings. The Hall–Kier alpha value is -2.95. The average molecular weight is 388 g/mol. The first kappa shape index (κ1) is 16.2. The molecule has 3 aromatic carbocycles. The average Bonchev–Trinajstić information content (AvgIpc) is 3.20. The zero-order valence-electron chi connectivity index (χ0n) is 14.2. The van der Waals surface area contributed by atoms with Gasteiger partial charge in [0.2, 0.25) is 0 Å². The van der Waals surface area contributed by atoms with Gasteiger partial charge in [-0.05, 0) is 52.6 Å². The number of hydrogen-bond acceptors (Lipinski definition) is 4. The highest BCUT2D eigenvalue weighted by Crippen LogP contribution is 2.33. The summed E-state index contributed by atoms with van der Waals surface area (Å²) in [6.07, 6.45) is 0. The van der Waals surface area contributed by atoms with E-state index in [9.17, 15) is 0 Å². The first-order valence-electron chi connectivity index (χ1n) is 8.53. The van der Waals surface area contributed by atoms with E-state index >= 15 is 0 Å². The minimum absolute atomic E-state index is 0.678. The molecule has 0 atom stereocenters. The van der Waals surface area contributed by atoms with Gasteiger partial charge in [0.25, 0.3) is 0 Å². The summed E-state index contributed by atoms with van der Waals surface area (Å²) in [4.78, 5) is 10.9. The van der Waals surface area contributed by atoms with Crippen LogP contribution in [0, 0.1) is 0 Å². The van der Waals surface area contributed by atoms with Crippen molar-refractivity contribution in [3.63, 3.8) is 0 Å². The molecule has 1 N–H and O–H groups in total. The molecule has 0 saturated carbocycles. The third-order valence-electron chi connectivity index (χ3n) is 4.37. The SMILES string of the molecule is Clc1cccc(Nc2nc3cc4ccccc4cc3nc2-c2cccs2)c1. The molecule has 130 valence electrons. The minimum Gasteiger partial charge on any atom is -0.338 e. The molecule has 2 heterocycles. The van der Waals surface area contributed by atoms with Crippen LogP contribution in [0.25, 0.3) is 32.4 Å². The number of fused-ring (bicyclic) bond motifs is 2. The fraction of sp³-hybridized carbons (Fsp3) is 0. The lowest BCUT2D eigenvalue weighted by Gasteiger charge is -2.12. The van der Waals surface area contributed by atoms with Crippen LogP contribution >= 0.6 is 22.9 Å². The van der Waals surface area contributed by atoms with Crippen LogP contribution in [0.5, 0.6) is 0 Å². The van der Waals surface area contributed by atoms with E-state index < -0.39 is 0 Å². The maximum absolute atomic E-state index is 6.14. The molecule has 0 radical (unpaired) electrons. The number of anilines is 2. The van der Waals surface area contributed by atoms with Gasteiger partial charge in [0.1, 0.15) is 5.69 Å². The summed E-state index contributed by atoms with van der Waals surface area (Å²) in [6.45, 7) is 0. The number of nitrogens with one attached hydrogen (secondary N) is 1. The molecule has 0 aliphatic heterocycles. The molecule has 5 heteroatoms. The molecule has 0 bridgehead atoms. The Kier molecular flexibility index (Phi) is 4.00. The number of nitrogens with zero attached hydrogens (tertiary/aromatic N) is 2. The third-order valence-corrected chi connectivity index (χ3v) is 5.49. The molecule has 0 amide bonds. The summed E-state index contributed by atoms with van der Waals surface area (Å²) in [5, 5.41) is 8.42. The second-order valence-electron chi connectivity index (χ2n) is 6.22. The summed E-state index contributed by atoms with van der Waals surface area (Å²) in [5.41, 5.74) is 3.47. The van der Waals surface area contributed by atoms with Gasteiger partial charge in [-0.2, -0.15) is 0 Å². The topological polar surface area (TPSA) is 37.8 Å². The van der Waals surface area contributed by atoms with E-state index in [1.807, 2.05) is 47.8 Å². The number of thiophene rings is 1. The summed E-state index contributed by atoms with van der Waals surface area (Å²) in [7, 11) is 0.